The van der Waals surface area contributed by atoms with E-state index in [1.807, 2.05) is 50.2 Å². The number of para-hydroxylation sites is 1. The Kier molecular flexibility index (Phi) is 7.96. The molecule has 1 N–H and O–H groups in total. The van der Waals surface area contributed by atoms with Crippen molar-refractivity contribution in [2.75, 3.05) is 25.5 Å². The van der Waals surface area contributed by atoms with Crippen LogP contribution in [0.15, 0.2) is 77.7 Å². The molecule has 0 aromatic heterocycles. The minimum atomic E-state index is -3.82. The number of nitrogens with one attached hydrogen (secondary N) is 1. The van der Waals surface area contributed by atoms with E-state index in [-0.39, 0.29) is 23.3 Å². The van der Waals surface area contributed by atoms with Gasteiger partial charge in [-0.05, 0) is 72.9 Å². The van der Waals surface area contributed by atoms with E-state index in [2.05, 4.69) is 5.32 Å². The molecule has 0 spiro atoms. The number of sulfonamides is 1. The molecular formula is C28H32N2O5S. The van der Waals surface area contributed by atoms with Crippen molar-refractivity contribution in [3.05, 3.63) is 78.4 Å². The van der Waals surface area contributed by atoms with Crippen molar-refractivity contribution >= 4 is 21.6 Å². The lowest BCUT2D eigenvalue weighted by Crippen LogP contribution is -2.43. The molecule has 0 saturated carbocycles. The standard InChI is InChI=1S/C28H32N2O5S/c1-20(2)21-11-16-26(34-3)27(18-21)36(32,33)30-17-7-8-22(19-30)28(31)29-23-12-14-25(15-13-23)35-24-9-5-4-6-10-24/h4-6,9-16,18,20,22H,7-8,17,19H2,1-3H3,(H,29,31)/t22-/m0/s1. The van der Waals surface area contributed by atoms with Crippen molar-refractivity contribution in [1.82, 2.24) is 4.31 Å². The lowest BCUT2D eigenvalue weighted by Gasteiger charge is -2.31. The van der Waals surface area contributed by atoms with E-state index in [0.717, 1.165) is 11.3 Å². The van der Waals surface area contributed by atoms with Gasteiger partial charge in [0.2, 0.25) is 15.9 Å². The highest BCUT2D eigenvalue weighted by Gasteiger charge is 2.35. The molecule has 1 aliphatic heterocycles. The second-order valence-corrected chi connectivity index (χ2v) is 11.1. The topological polar surface area (TPSA) is 84.9 Å². The van der Waals surface area contributed by atoms with E-state index < -0.39 is 15.9 Å². The molecule has 1 amide bonds. The van der Waals surface area contributed by atoms with E-state index in [1.54, 1.807) is 36.4 Å². The van der Waals surface area contributed by atoms with E-state index in [1.165, 1.54) is 11.4 Å². The maximum absolute atomic E-state index is 13.6. The molecule has 0 aliphatic carbocycles. The quantitative estimate of drug-likeness (QED) is 0.425. The predicted molar refractivity (Wildman–Crippen MR) is 140 cm³/mol. The Bertz CT molecular complexity index is 1290. The molecule has 8 heteroatoms. The van der Waals surface area contributed by atoms with Crippen LogP contribution in [-0.2, 0) is 14.8 Å². The summed E-state index contributed by atoms with van der Waals surface area (Å²) in [5.74, 6) is 1.22. The molecule has 1 heterocycles. The smallest absolute Gasteiger partial charge is 0.246 e. The summed E-state index contributed by atoms with van der Waals surface area (Å²) in [5.41, 5.74) is 1.55. The SMILES string of the molecule is COc1ccc(C(C)C)cc1S(=O)(=O)N1CCC[C@H](C(=O)Nc2ccc(Oc3ccccc3)cc2)C1. The van der Waals surface area contributed by atoms with Crippen LogP contribution in [0.2, 0.25) is 0 Å². The monoisotopic (exact) mass is 508 g/mol. The van der Waals surface area contributed by atoms with Gasteiger partial charge in [-0.3, -0.25) is 4.79 Å². The Morgan fingerprint density at radius 1 is 1.00 bits per heavy atom. The molecule has 36 heavy (non-hydrogen) atoms. The Balaban J connectivity index is 1.44. The molecule has 7 nitrogen and oxygen atoms in total. The lowest BCUT2D eigenvalue weighted by molar-refractivity contribution is -0.120. The van der Waals surface area contributed by atoms with Gasteiger partial charge in [-0.25, -0.2) is 8.42 Å². The van der Waals surface area contributed by atoms with Gasteiger partial charge in [0.25, 0.3) is 0 Å². The first kappa shape index (κ1) is 25.7. The van der Waals surface area contributed by atoms with Crippen LogP contribution in [0.25, 0.3) is 0 Å². The van der Waals surface area contributed by atoms with E-state index in [4.69, 9.17) is 9.47 Å². The lowest BCUT2D eigenvalue weighted by atomic mass is 9.98. The summed E-state index contributed by atoms with van der Waals surface area (Å²) in [6.07, 6.45) is 1.23. The summed E-state index contributed by atoms with van der Waals surface area (Å²) < 4.78 is 39.7. The normalized spacial score (nSPS) is 16.5. The fraction of sp³-hybridized carbons (Fsp3) is 0.321. The third-order valence-corrected chi connectivity index (χ3v) is 8.21. The van der Waals surface area contributed by atoms with Gasteiger partial charge >= 0.3 is 0 Å². The average Bonchev–Trinajstić information content (AvgIpc) is 2.90. The zero-order chi connectivity index (χ0) is 25.7. The first-order valence-corrected chi connectivity index (χ1v) is 13.5. The summed E-state index contributed by atoms with van der Waals surface area (Å²) in [6, 6.07) is 21.8. The van der Waals surface area contributed by atoms with E-state index in [9.17, 15) is 13.2 Å². The minimum Gasteiger partial charge on any atom is -0.495 e. The Labute approximate surface area is 213 Å². The van der Waals surface area contributed by atoms with Crippen molar-refractivity contribution in [3.63, 3.8) is 0 Å². The number of hydrogen-bond donors (Lipinski definition) is 1. The van der Waals surface area contributed by atoms with Gasteiger partial charge in [0, 0.05) is 18.8 Å². The van der Waals surface area contributed by atoms with Gasteiger partial charge in [0.15, 0.2) is 0 Å². The first-order valence-electron chi connectivity index (χ1n) is 12.1. The molecule has 4 rings (SSSR count). The highest BCUT2D eigenvalue weighted by molar-refractivity contribution is 7.89. The van der Waals surface area contributed by atoms with Crippen LogP contribution in [0.3, 0.4) is 0 Å². The molecule has 1 fully saturated rings. The summed E-state index contributed by atoms with van der Waals surface area (Å²) in [5, 5.41) is 2.92. The fourth-order valence-corrected chi connectivity index (χ4v) is 5.96. The summed E-state index contributed by atoms with van der Waals surface area (Å²) in [6.45, 7) is 4.52. The number of anilines is 1. The van der Waals surface area contributed by atoms with Crippen molar-refractivity contribution in [2.24, 2.45) is 5.92 Å². The molecule has 1 aliphatic rings. The Hall–Kier alpha value is -3.36. The van der Waals surface area contributed by atoms with Crippen molar-refractivity contribution in [1.29, 1.82) is 0 Å². The summed E-state index contributed by atoms with van der Waals surface area (Å²) >= 11 is 0. The van der Waals surface area contributed by atoms with E-state index >= 15 is 0 Å². The predicted octanol–water partition coefficient (Wildman–Crippen LogP) is 5.65. The molecule has 3 aromatic carbocycles. The number of carbonyl (C=O) groups is 1. The number of benzene rings is 3. The Morgan fingerprint density at radius 3 is 2.36 bits per heavy atom. The second kappa shape index (κ2) is 11.1. The molecule has 190 valence electrons. The third kappa shape index (κ3) is 5.88. The van der Waals surface area contributed by atoms with Gasteiger partial charge in [-0.1, -0.05) is 38.1 Å². The Morgan fingerprint density at radius 2 is 1.69 bits per heavy atom. The van der Waals surface area contributed by atoms with Crippen LogP contribution in [0.5, 0.6) is 17.2 Å². The zero-order valence-corrected chi connectivity index (χ0v) is 21.6. The van der Waals surface area contributed by atoms with Crippen molar-refractivity contribution in [3.8, 4) is 17.2 Å². The highest BCUT2D eigenvalue weighted by atomic mass is 32.2. The number of ether oxygens (including phenoxy) is 2. The van der Waals surface area contributed by atoms with Crippen LogP contribution < -0.4 is 14.8 Å². The van der Waals surface area contributed by atoms with Gasteiger partial charge in [0.05, 0.1) is 13.0 Å². The molecule has 0 unspecified atom stereocenters. The molecule has 0 bridgehead atoms. The number of methoxy groups -OCH3 is 1. The van der Waals surface area contributed by atoms with Crippen LogP contribution in [0.1, 0.15) is 38.2 Å². The molecule has 0 radical (unpaired) electrons. The number of carbonyl (C=O) groups excluding carboxylic acids is 1. The summed E-state index contributed by atoms with van der Waals surface area (Å²) in [7, 11) is -2.36. The van der Waals surface area contributed by atoms with Crippen LogP contribution in [0.4, 0.5) is 5.69 Å². The molecule has 1 saturated heterocycles. The maximum Gasteiger partial charge on any atom is 0.246 e. The van der Waals surface area contributed by atoms with Gasteiger partial charge in [-0.15, -0.1) is 0 Å². The molecular weight excluding hydrogens is 476 g/mol. The zero-order valence-electron chi connectivity index (χ0n) is 20.8. The van der Waals surface area contributed by atoms with Gasteiger partial charge in [-0.2, -0.15) is 4.31 Å². The highest BCUT2D eigenvalue weighted by Crippen LogP contribution is 2.33. The van der Waals surface area contributed by atoms with Crippen molar-refractivity contribution in [2.45, 2.75) is 37.5 Å². The number of piperidine rings is 1. The van der Waals surface area contributed by atoms with Crippen molar-refractivity contribution < 1.29 is 22.7 Å². The summed E-state index contributed by atoms with van der Waals surface area (Å²) in [4.78, 5) is 13.2. The number of amides is 1. The first-order chi connectivity index (χ1) is 17.3. The third-order valence-electron chi connectivity index (χ3n) is 6.33. The number of rotatable bonds is 8. The van der Waals surface area contributed by atoms with Crippen LogP contribution in [0, 0.1) is 5.92 Å². The van der Waals surface area contributed by atoms with Crippen LogP contribution in [-0.4, -0.2) is 38.8 Å². The van der Waals surface area contributed by atoms with Gasteiger partial charge in [0.1, 0.15) is 22.1 Å². The second-order valence-electron chi connectivity index (χ2n) is 9.20. The van der Waals surface area contributed by atoms with Gasteiger partial charge < -0.3 is 14.8 Å². The largest absolute Gasteiger partial charge is 0.495 e. The maximum atomic E-state index is 13.6. The number of nitrogens with zero attached hydrogens (tertiary/aromatic N) is 1. The van der Waals surface area contributed by atoms with Crippen LogP contribution >= 0.6 is 0 Å². The number of hydrogen-bond acceptors (Lipinski definition) is 5. The average molecular weight is 509 g/mol. The van der Waals surface area contributed by atoms with E-state index in [0.29, 0.717) is 36.6 Å². The molecule has 1 atom stereocenters. The fourth-order valence-electron chi connectivity index (χ4n) is 4.24. The molecule has 3 aromatic rings. The minimum absolute atomic E-state index is 0.123.